The molecule has 0 atom stereocenters. The molecule has 92 valence electrons. The number of fused-ring (bicyclic) bond motifs is 1. The maximum atomic E-state index is 6.10. The molecular weight excluding hydrogens is 273 g/mol. The van der Waals surface area contributed by atoms with E-state index in [0.29, 0.717) is 27.2 Å². The van der Waals surface area contributed by atoms with Gasteiger partial charge in [-0.1, -0.05) is 23.2 Å². The number of aryl methyl sites for hydroxylation is 1. The normalized spacial score (nSPS) is 11.3. The first-order valence-electron chi connectivity index (χ1n) is 5.19. The third-order valence-electron chi connectivity index (χ3n) is 2.74. The molecule has 0 aliphatic carbocycles. The Morgan fingerprint density at radius 3 is 2.78 bits per heavy atom. The maximum absolute atomic E-state index is 6.10. The van der Waals surface area contributed by atoms with Gasteiger partial charge in [0, 0.05) is 19.4 Å². The highest BCUT2D eigenvalue weighted by Crippen LogP contribution is 2.30. The summed E-state index contributed by atoms with van der Waals surface area (Å²) in [6, 6.07) is 3.48. The van der Waals surface area contributed by atoms with Crippen LogP contribution in [0.4, 0.5) is 5.82 Å². The van der Waals surface area contributed by atoms with Gasteiger partial charge >= 0.3 is 0 Å². The first-order valence-corrected chi connectivity index (χ1v) is 5.94. The van der Waals surface area contributed by atoms with Gasteiger partial charge in [-0.15, -0.1) is 0 Å². The molecule has 3 heterocycles. The van der Waals surface area contributed by atoms with E-state index in [2.05, 4.69) is 10.1 Å². The van der Waals surface area contributed by atoms with Crippen LogP contribution in [0.15, 0.2) is 24.5 Å². The van der Waals surface area contributed by atoms with Crippen LogP contribution in [0, 0.1) is 0 Å². The van der Waals surface area contributed by atoms with Gasteiger partial charge in [0.15, 0.2) is 5.65 Å². The van der Waals surface area contributed by atoms with Crippen LogP contribution in [0.5, 0.6) is 0 Å². The predicted octanol–water partition coefficient (Wildman–Crippen LogP) is 2.62. The first kappa shape index (κ1) is 11.4. The Bertz CT molecular complexity index is 743. The molecule has 0 fully saturated rings. The summed E-state index contributed by atoms with van der Waals surface area (Å²) in [6.07, 6.45) is 3.37. The minimum Gasteiger partial charge on any atom is -0.383 e. The summed E-state index contributed by atoms with van der Waals surface area (Å²) in [5.41, 5.74) is 8.12. The lowest BCUT2D eigenvalue weighted by Gasteiger charge is -2.00. The Balaban J connectivity index is 2.36. The average Bonchev–Trinajstić information content (AvgIpc) is 2.85. The second kappa shape index (κ2) is 3.90. The molecule has 0 aliphatic heterocycles. The summed E-state index contributed by atoms with van der Waals surface area (Å²) in [5, 5.41) is 5.07. The number of hydrogen-bond donors (Lipinski definition) is 1. The fraction of sp³-hybridized carbons (Fsp3) is 0.0909. The van der Waals surface area contributed by atoms with E-state index in [4.69, 9.17) is 28.9 Å². The molecule has 3 aromatic rings. The number of nitrogens with two attached hydrogens (primary N) is 1. The van der Waals surface area contributed by atoms with Crippen LogP contribution in [0.2, 0.25) is 10.0 Å². The monoisotopic (exact) mass is 281 g/mol. The van der Waals surface area contributed by atoms with Crippen molar-refractivity contribution in [1.82, 2.24) is 19.2 Å². The summed E-state index contributed by atoms with van der Waals surface area (Å²) >= 11 is 12.1. The summed E-state index contributed by atoms with van der Waals surface area (Å²) in [4.78, 5) is 4.44. The van der Waals surface area contributed by atoms with E-state index in [1.807, 2.05) is 13.1 Å². The molecule has 0 bridgehead atoms. The zero-order chi connectivity index (χ0) is 12.9. The molecule has 0 spiro atoms. The van der Waals surface area contributed by atoms with Crippen LogP contribution in [0.3, 0.4) is 0 Å². The Morgan fingerprint density at radius 2 is 2.11 bits per heavy atom. The highest BCUT2D eigenvalue weighted by atomic mass is 35.5. The van der Waals surface area contributed by atoms with Crippen LogP contribution in [0.25, 0.3) is 17.0 Å². The molecule has 3 rings (SSSR count). The van der Waals surface area contributed by atoms with Gasteiger partial charge < -0.3 is 5.73 Å². The summed E-state index contributed by atoms with van der Waals surface area (Å²) in [6.45, 7) is 0. The summed E-state index contributed by atoms with van der Waals surface area (Å²) in [7, 11) is 1.83. The van der Waals surface area contributed by atoms with Crippen molar-refractivity contribution in [1.29, 1.82) is 0 Å². The molecule has 0 saturated heterocycles. The third-order valence-corrected chi connectivity index (χ3v) is 3.23. The minimum atomic E-state index is 0.461. The van der Waals surface area contributed by atoms with Crippen LogP contribution >= 0.6 is 23.2 Å². The van der Waals surface area contributed by atoms with Crippen molar-refractivity contribution >= 4 is 34.7 Å². The van der Waals surface area contributed by atoms with Crippen LogP contribution < -0.4 is 5.73 Å². The number of nitrogen functional groups attached to an aromatic ring is 1. The van der Waals surface area contributed by atoms with E-state index in [-0.39, 0.29) is 0 Å². The number of halogens is 2. The molecule has 18 heavy (non-hydrogen) atoms. The van der Waals surface area contributed by atoms with Gasteiger partial charge in [-0.05, 0) is 12.1 Å². The Hall–Kier alpha value is -1.72. The summed E-state index contributed by atoms with van der Waals surface area (Å²) in [5.74, 6) is 0.484. The quantitative estimate of drug-likeness (QED) is 0.746. The SMILES string of the molecule is Cn1nccc1-c1nc2c(Cl)cc(Cl)cn2c1N. The predicted molar refractivity (Wildman–Crippen MR) is 71.8 cm³/mol. The molecule has 0 amide bonds. The first-order chi connectivity index (χ1) is 8.58. The second-order valence-corrected chi connectivity index (χ2v) is 4.73. The van der Waals surface area contributed by atoms with Crippen LogP contribution in [-0.2, 0) is 7.05 Å². The Morgan fingerprint density at radius 1 is 1.33 bits per heavy atom. The van der Waals surface area contributed by atoms with Crippen LogP contribution in [-0.4, -0.2) is 19.2 Å². The Kier molecular flexibility index (Phi) is 2.46. The van der Waals surface area contributed by atoms with Crippen LogP contribution in [0.1, 0.15) is 0 Å². The zero-order valence-corrected chi connectivity index (χ0v) is 10.9. The fourth-order valence-corrected chi connectivity index (χ4v) is 2.40. The largest absolute Gasteiger partial charge is 0.383 e. The van der Waals surface area contributed by atoms with Gasteiger partial charge in [-0.3, -0.25) is 9.08 Å². The highest BCUT2D eigenvalue weighted by Gasteiger charge is 2.16. The fourth-order valence-electron chi connectivity index (χ4n) is 1.89. The van der Waals surface area contributed by atoms with Crippen molar-refractivity contribution in [2.75, 3.05) is 5.73 Å². The topological polar surface area (TPSA) is 61.1 Å². The lowest BCUT2D eigenvalue weighted by Crippen LogP contribution is -1.98. The van der Waals surface area contributed by atoms with Crippen molar-refractivity contribution in [2.45, 2.75) is 0 Å². The third kappa shape index (κ3) is 1.55. The number of anilines is 1. The van der Waals surface area contributed by atoms with Gasteiger partial charge in [0.2, 0.25) is 0 Å². The lowest BCUT2D eigenvalue weighted by molar-refractivity contribution is 0.774. The highest BCUT2D eigenvalue weighted by molar-refractivity contribution is 6.36. The van der Waals surface area contributed by atoms with Gasteiger partial charge in [0.25, 0.3) is 0 Å². The second-order valence-electron chi connectivity index (χ2n) is 3.89. The number of aromatic nitrogens is 4. The van der Waals surface area contributed by atoms with E-state index >= 15 is 0 Å². The number of imidazole rings is 1. The number of rotatable bonds is 1. The standard InChI is InChI=1S/C11H9Cl2N5/c1-17-8(2-3-15-17)9-10(14)18-5-6(12)4-7(13)11(18)16-9/h2-5H,14H2,1H3. The van der Waals surface area contributed by atoms with Gasteiger partial charge in [-0.2, -0.15) is 5.10 Å². The molecule has 2 N–H and O–H groups in total. The molecule has 7 heteroatoms. The zero-order valence-electron chi connectivity index (χ0n) is 9.43. The van der Waals surface area contributed by atoms with E-state index < -0.39 is 0 Å². The maximum Gasteiger partial charge on any atom is 0.158 e. The Labute approximate surface area is 113 Å². The van der Waals surface area contributed by atoms with Crippen molar-refractivity contribution < 1.29 is 0 Å². The molecule has 0 radical (unpaired) electrons. The lowest BCUT2D eigenvalue weighted by atomic mass is 10.3. The molecular formula is C11H9Cl2N5. The molecule has 0 unspecified atom stereocenters. The van der Waals surface area contributed by atoms with E-state index in [0.717, 1.165) is 5.69 Å². The average molecular weight is 282 g/mol. The van der Waals surface area contributed by atoms with Crippen molar-refractivity contribution in [2.24, 2.45) is 7.05 Å². The molecule has 3 aromatic heterocycles. The van der Waals surface area contributed by atoms with Gasteiger partial charge in [0.1, 0.15) is 11.5 Å². The van der Waals surface area contributed by atoms with Gasteiger partial charge in [0.05, 0.1) is 15.7 Å². The molecule has 0 saturated carbocycles. The van der Waals surface area contributed by atoms with E-state index in [9.17, 15) is 0 Å². The van der Waals surface area contributed by atoms with E-state index in [1.165, 1.54) is 0 Å². The van der Waals surface area contributed by atoms with Gasteiger partial charge in [-0.25, -0.2) is 4.98 Å². The molecule has 0 aliphatic rings. The smallest absolute Gasteiger partial charge is 0.158 e. The summed E-state index contributed by atoms with van der Waals surface area (Å²) < 4.78 is 3.38. The molecule has 0 aromatic carbocycles. The van der Waals surface area contributed by atoms with E-state index in [1.54, 1.807) is 27.5 Å². The molecule has 5 nitrogen and oxygen atoms in total. The van der Waals surface area contributed by atoms with Crippen molar-refractivity contribution in [3.05, 3.63) is 34.6 Å². The minimum absolute atomic E-state index is 0.461. The number of hydrogen-bond acceptors (Lipinski definition) is 3. The van der Waals surface area contributed by atoms with Crippen molar-refractivity contribution in [3.8, 4) is 11.4 Å². The number of pyridine rings is 1. The number of nitrogens with zero attached hydrogens (tertiary/aromatic N) is 4. The van der Waals surface area contributed by atoms with Crippen molar-refractivity contribution in [3.63, 3.8) is 0 Å².